The van der Waals surface area contributed by atoms with Crippen LogP contribution in [0, 0.1) is 0 Å². The standard InChI is InChI=1S/C21H22BrN7O3S/c1-33(31,29-21(30)27-15-5-4-8-23-12-15)18-7-6-14-11-17(18)32-10-3-2-9-24-19-16(22)13-25-20(26-14)28-19/h4-8,11-13H,2-3,9-10H2,1H3,(H,27,30)(H2,24,25,26,28). The number of aromatic nitrogens is 3. The first-order valence-electron chi connectivity index (χ1n) is 10.1. The van der Waals surface area contributed by atoms with Crippen molar-refractivity contribution in [2.75, 3.05) is 35.4 Å². The van der Waals surface area contributed by atoms with E-state index in [-0.39, 0.29) is 0 Å². The Kier molecular flexibility index (Phi) is 7.04. The van der Waals surface area contributed by atoms with E-state index in [1.807, 2.05) is 0 Å². The molecule has 0 saturated carbocycles. The van der Waals surface area contributed by atoms with Gasteiger partial charge in [0.1, 0.15) is 11.6 Å². The molecule has 4 bridgehead atoms. The molecule has 0 spiro atoms. The number of carbonyl (C=O) groups is 1. The Morgan fingerprint density at radius 3 is 2.97 bits per heavy atom. The van der Waals surface area contributed by atoms with Crippen LogP contribution in [-0.4, -0.2) is 44.6 Å². The van der Waals surface area contributed by atoms with Gasteiger partial charge < -0.3 is 20.7 Å². The van der Waals surface area contributed by atoms with E-state index in [1.165, 1.54) is 12.5 Å². The molecule has 33 heavy (non-hydrogen) atoms. The number of hydrogen-bond acceptors (Lipinski definition) is 8. The minimum Gasteiger partial charge on any atom is -0.492 e. The van der Waals surface area contributed by atoms with Gasteiger partial charge in [-0.3, -0.25) is 4.98 Å². The molecule has 10 nitrogen and oxygen atoms in total. The number of fused-ring (bicyclic) bond motifs is 4. The lowest BCUT2D eigenvalue weighted by Gasteiger charge is -2.14. The molecule has 172 valence electrons. The van der Waals surface area contributed by atoms with Crippen LogP contribution in [0.4, 0.5) is 27.9 Å². The molecule has 0 saturated heterocycles. The number of urea groups is 1. The van der Waals surface area contributed by atoms with Gasteiger partial charge in [0, 0.05) is 36.9 Å². The number of halogens is 1. The molecule has 2 aromatic heterocycles. The molecule has 12 heteroatoms. The number of benzene rings is 1. The van der Waals surface area contributed by atoms with Crippen molar-refractivity contribution in [3.8, 4) is 5.75 Å². The Hall–Kier alpha value is -3.25. The summed E-state index contributed by atoms with van der Waals surface area (Å²) in [6, 6.07) is 7.70. The van der Waals surface area contributed by atoms with Crippen LogP contribution in [-0.2, 0) is 9.73 Å². The first-order valence-corrected chi connectivity index (χ1v) is 12.9. The van der Waals surface area contributed by atoms with Gasteiger partial charge in [-0.1, -0.05) is 0 Å². The Morgan fingerprint density at radius 2 is 2.15 bits per heavy atom. The lowest BCUT2D eigenvalue weighted by Crippen LogP contribution is -2.12. The molecular formula is C21H22BrN7O3S. The van der Waals surface area contributed by atoms with Gasteiger partial charge in [0.15, 0.2) is 0 Å². The largest absolute Gasteiger partial charge is 0.492 e. The summed E-state index contributed by atoms with van der Waals surface area (Å²) in [7, 11) is -3.10. The molecule has 0 fully saturated rings. The number of nitrogens with zero attached hydrogens (tertiary/aromatic N) is 4. The van der Waals surface area contributed by atoms with Gasteiger partial charge in [-0.2, -0.15) is 4.98 Å². The van der Waals surface area contributed by atoms with Crippen molar-refractivity contribution in [1.82, 2.24) is 15.0 Å². The van der Waals surface area contributed by atoms with E-state index in [9.17, 15) is 9.00 Å². The van der Waals surface area contributed by atoms with Crippen molar-refractivity contribution in [3.63, 3.8) is 0 Å². The van der Waals surface area contributed by atoms with Crippen molar-refractivity contribution in [1.29, 1.82) is 0 Å². The summed E-state index contributed by atoms with van der Waals surface area (Å²) in [5.74, 6) is 1.48. The topological polar surface area (TPSA) is 130 Å². The average molecular weight is 532 g/mol. The lowest BCUT2D eigenvalue weighted by molar-refractivity contribution is 0.260. The molecule has 3 heterocycles. The van der Waals surface area contributed by atoms with Crippen LogP contribution in [0.5, 0.6) is 5.75 Å². The summed E-state index contributed by atoms with van der Waals surface area (Å²) >= 11 is 3.45. The summed E-state index contributed by atoms with van der Waals surface area (Å²) in [5, 5.41) is 8.97. The highest BCUT2D eigenvalue weighted by Gasteiger charge is 2.17. The van der Waals surface area contributed by atoms with Gasteiger partial charge in [0.2, 0.25) is 5.95 Å². The number of pyridine rings is 1. The van der Waals surface area contributed by atoms with Gasteiger partial charge in [0.25, 0.3) is 0 Å². The fraction of sp³-hybridized carbons (Fsp3) is 0.238. The number of anilines is 4. The Labute approximate surface area is 199 Å². The van der Waals surface area contributed by atoms with E-state index >= 15 is 0 Å². The van der Waals surface area contributed by atoms with Gasteiger partial charge in [-0.05, 0) is 53.0 Å². The highest BCUT2D eigenvalue weighted by Crippen LogP contribution is 2.31. The molecule has 0 radical (unpaired) electrons. The smallest absolute Gasteiger partial charge is 0.353 e. The van der Waals surface area contributed by atoms with Crippen LogP contribution in [0.2, 0.25) is 0 Å². The monoisotopic (exact) mass is 531 g/mol. The maximum absolute atomic E-state index is 13.4. The number of hydrogen-bond donors (Lipinski definition) is 3. The molecule has 3 aromatic rings. The van der Waals surface area contributed by atoms with E-state index in [1.54, 1.807) is 42.7 Å². The van der Waals surface area contributed by atoms with E-state index < -0.39 is 15.8 Å². The Morgan fingerprint density at radius 1 is 1.27 bits per heavy atom. The zero-order chi connectivity index (χ0) is 23.3. The molecule has 0 aliphatic carbocycles. The number of carbonyl (C=O) groups excluding carboxylic acids is 1. The lowest BCUT2D eigenvalue weighted by atomic mass is 10.3. The molecule has 1 aliphatic rings. The van der Waals surface area contributed by atoms with Gasteiger partial charge >= 0.3 is 6.03 Å². The molecule has 2 amide bonds. The van der Waals surface area contributed by atoms with Crippen LogP contribution in [0.3, 0.4) is 0 Å². The highest BCUT2D eigenvalue weighted by molar-refractivity contribution is 9.10. The number of nitrogens with one attached hydrogen (secondary N) is 3. The maximum Gasteiger partial charge on any atom is 0.353 e. The van der Waals surface area contributed by atoms with Crippen molar-refractivity contribution in [2.24, 2.45) is 4.36 Å². The number of ether oxygens (including phenoxy) is 1. The molecule has 1 aliphatic heterocycles. The third-order valence-corrected chi connectivity index (χ3v) is 6.89. The predicted molar refractivity (Wildman–Crippen MR) is 131 cm³/mol. The normalized spacial score (nSPS) is 15.1. The van der Waals surface area contributed by atoms with Crippen LogP contribution in [0.25, 0.3) is 0 Å². The molecular weight excluding hydrogens is 510 g/mol. The quantitative estimate of drug-likeness (QED) is 0.435. The van der Waals surface area contributed by atoms with Crippen molar-refractivity contribution >= 4 is 54.8 Å². The summed E-state index contributed by atoms with van der Waals surface area (Å²) < 4.78 is 24.1. The molecule has 1 unspecified atom stereocenters. The number of amides is 2. The van der Waals surface area contributed by atoms with Crippen molar-refractivity contribution in [2.45, 2.75) is 17.7 Å². The minimum atomic E-state index is -3.10. The number of rotatable bonds is 2. The summed E-state index contributed by atoms with van der Waals surface area (Å²) in [4.78, 5) is 25.4. The first-order chi connectivity index (χ1) is 15.9. The van der Waals surface area contributed by atoms with Crippen LogP contribution in [0.1, 0.15) is 12.8 Å². The average Bonchev–Trinajstić information content (AvgIpc) is 2.78. The molecule has 3 N–H and O–H groups in total. The fourth-order valence-electron chi connectivity index (χ4n) is 3.10. The zero-order valence-corrected chi connectivity index (χ0v) is 20.1. The van der Waals surface area contributed by atoms with Crippen LogP contribution < -0.4 is 20.7 Å². The molecule has 1 aromatic carbocycles. The van der Waals surface area contributed by atoms with Gasteiger partial charge in [-0.15, -0.1) is 4.36 Å². The predicted octanol–water partition coefficient (Wildman–Crippen LogP) is 4.65. The van der Waals surface area contributed by atoms with E-state index in [4.69, 9.17) is 4.74 Å². The second kappa shape index (κ2) is 10.1. The van der Waals surface area contributed by atoms with E-state index in [0.717, 1.165) is 17.3 Å². The zero-order valence-electron chi connectivity index (χ0n) is 17.7. The highest BCUT2D eigenvalue weighted by atomic mass is 79.9. The Bertz CT molecular complexity index is 1280. The summed E-state index contributed by atoms with van der Waals surface area (Å²) in [6.45, 7) is 1.12. The fourth-order valence-corrected chi connectivity index (χ4v) is 4.70. The summed E-state index contributed by atoms with van der Waals surface area (Å²) in [6.07, 6.45) is 7.76. The second-order valence-corrected chi connectivity index (χ2v) is 10.3. The van der Waals surface area contributed by atoms with Crippen LogP contribution >= 0.6 is 15.9 Å². The van der Waals surface area contributed by atoms with Gasteiger partial charge in [0.05, 0.1) is 37.6 Å². The third kappa shape index (κ3) is 5.96. The van der Waals surface area contributed by atoms with Crippen molar-refractivity contribution < 1.29 is 13.7 Å². The molecule has 1 atom stereocenters. The Balaban J connectivity index is 1.65. The second-order valence-electron chi connectivity index (χ2n) is 7.22. The SMILES string of the molecule is CS(=O)(=NC(=O)Nc1cccnc1)c1ccc2cc1OCCCCNc1nc(ncc1Br)N2. The third-order valence-electron chi connectivity index (χ3n) is 4.64. The van der Waals surface area contributed by atoms with Gasteiger partial charge in [-0.25, -0.2) is 14.0 Å². The minimum absolute atomic E-state index is 0.333. The summed E-state index contributed by atoms with van der Waals surface area (Å²) in [5.41, 5.74) is 1.11. The first kappa shape index (κ1) is 22.9. The van der Waals surface area contributed by atoms with Crippen molar-refractivity contribution in [3.05, 3.63) is 53.4 Å². The van der Waals surface area contributed by atoms with E-state index in [2.05, 4.69) is 51.2 Å². The maximum atomic E-state index is 13.4. The van der Waals surface area contributed by atoms with E-state index in [0.29, 0.717) is 46.9 Å². The van der Waals surface area contributed by atoms with Crippen LogP contribution in [0.15, 0.2) is 62.7 Å². The molecule has 4 rings (SSSR count).